The van der Waals surface area contributed by atoms with E-state index in [-0.39, 0.29) is 47.6 Å². The molecule has 0 N–H and O–H groups in total. The molecule has 0 aromatic rings. The van der Waals surface area contributed by atoms with Gasteiger partial charge in [0.05, 0.1) is 12.1 Å². The monoisotopic (exact) mass is 346 g/mol. The van der Waals surface area contributed by atoms with Gasteiger partial charge in [0.15, 0.2) is 0 Å². The van der Waals surface area contributed by atoms with Crippen molar-refractivity contribution >= 4 is 0 Å². The van der Waals surface area contributed by atoms with Gasteiger partial charge >= 0.3 is 0 Å². The minimum absolute atomic E-state index is 0.196. The fourth-order valence-corrected chi connectivity index (χ4v) is 7.70. The van der Waals surface area contributed by atoms with Crippen molar-refractivity contribution in [3.63, 3.8) is 0 Å². The topological polar surface area (TPSA) is 56.3 Å². The van der Waals surface area contributed by atoms with Crippen molar-refractivity contribution in [2.45, 2.75) is 51.6 Å². The zero-order valence-electron chi connectivity index (χ0n) is 15.5. The third kappa shape index (κ3) is 2.22. The highest BCUT2D eigenvalue weighted by Gasteiger charge is 2.67. The van der Waals surface area contributed by atoms with Crippen LogP contribution in [0.5, 0.6) is 0 Å². The first-order valence-corrected chi connectivity index (χ1v) is 10.1. The van der Waals surface area contributed by atoms with E-state index in [2.05, 4.69) is 35.7 Å². The average Bonchev–Trinajstić information content (AvgIpc) is 2.63. The van der Waals surface area contributed by atoms with Gasteiger partial charge in [0.25, 0.3) is 0 Å². The van der Waals surface area contributed by atoms with Gasteiger partial charge < -0.3 is 9.69 Å². The van der Waals surface area contributed by atoms with Gasteiger partial charge in [0.1, 0.15) is 11.8 Å². The third-order valence-corrected chi connectivity index (χ3v) is 8.25. The summed E-state index contributed by atoms with van der Waals surface area (Å²) in [6.07, 6.45) is 4.05. The SMILES string of the molecule is [C-]#[N+]C1C(C#N)C2CC(C)CC3C(C#N)C([N+]#[C-])C4CC(C)CC1C4C23. The molecule has 4 aliphatic rings. The Hall–Kier alpha value is -2.04. The first-order valence-electron chi connectivity index (χ1n) is 10.1. The van der Waals surface area contributed by atoms with Crippen LogP contribution in [0, 0.1) is 95.0 Å². The summed E-state index contributed by atoms with van der Waals surface area (Å²) in [5.74, 6) is 2.28. The van der Waals surface area contributed by atoms with Gasteiger partial charge in [-0.2, -0.15) is 10.5 Å². The highest BCUT2D eigenvalue weighted by molar-refractivity contribution is 5.22. The fourth-order valence-electron chi connectivity index (χ4n) is 7.70. The lowest BCUT2D eigenvalue weighted by atomic mass is 9.41. The highest BCUT2D eigenvalue weighted by atomic mass is 14.9. The first-order chi connectivity index (χ1) is 12.5. The van der Waals surface area contributed by atoms with Crippen LogP contribution < -0.4 is 0 Å². The fraction of sp³-hybridized carbons (Fsp3) is 0.818. The number of nitrogens with zero attached hydrogens (tertiary/aromatic N) is 4. The first kappa shape index (κ1) is 17.4. The van der Waals surface area contributed by atoms with Crippen LogP contribution in [0.15, 0.2) is 0 Å². The third-order valence-electron chi connectivity index (χ3n) is 8.25. The van der Waals surface area contributed by atoms with Crippen LogP contribution in [0.2, 0.25) is 0 Å². The van der Waals surface area contributed by atoms with Crippen LogP contribution in [0.1, 0.15) is 39.5 Å². The predicted octanol–water partition coefficient (Wildman–Crippen LogP) is 4.43. The molecule has 0 amide bonds. The molecule has 0 spiro atoms. The maximum absolute atomic E-state index is 9.96. The van der Waals surface area contributed by atoms with Crippen LogP contribution in [0.4, 0.5) is 0 Å². The quantitative estimate of drug-likeness (QED) is 0.609. The molecule has 4 rings (SSSR count). The summed E-state index contributed by atoms with van der Waals surface area (Å²) >= 11 is 0. The highest BCUT2D eigenvalue weighted by Crippen LogP contribution is 2.64. The molecule has 8 unspecified atom stereocenters. The Balaban J connectivity index is 1.87. The van der Waals surface area contributed by atoms with E-state index in [1.807, 2.05) is 0 Å². The summed E-state index contributed by atoms with van der Waals surface area (Å²) in [6, 6.07) is 4.64. The molecule has 134 valence electrons. The van der Waals surface area contributed by atoms with E-state index in [0.717, 1.165) is 25.7 Å². The molecule has 8 atom stereocenters. The molecule has 0 heterocycles. The molecule has 0 bridgehead atoms. The molecule has 0 aliphatic heterocycles. The van der Waals surface area contributed by atoms with Crippen LogP contribution in [0.3, 0.4) is 0 Å². The summed E-state index contributed by atoms with van der Waals surface area (Å²) in [6.45, 7) is 20.1. The lowest BCUT2D eigenvalue weighted by molar-refractivity contribution is -0.128. The molecule has 4 aliphatic carbocycles. The van der Waals surface area contributed by atoms with Crippen molar-refractivity contribution in [1.29, 1.82) is 10.5 Å². The Morgan fingerprint density at radius 1 is 0.692 bits per heavy atom. The van der Waals surface area contributed by atoms with Crippen molar-refractivity contribution in [2.24, 2.45) is 59.2 Å². The van der Waals surface area contributed by atoms with Crippen molar-refractivity contribution in [2.75, 3.05) is 0 Å². The molecule has 26 heavy (non-hydrogen) atoms. The maximum atomic E-state index is 9.96. The Kier molecular flexibility index (Phi) is 4.20. The van der Waals surface area contributed by atoms with Crippen molar-refractivity contribution in [3.8, 4) is 12.1 Å². The summed E-state index contributed by atoms with van der Waals surface area (Å²) in [4.78, 5) is 7.99. The van der Waals surface area contributed by atoms with Gasteiger partial charge in [-0.3, -0.25) is 0 Å². The number of nitriles is 2. The smallest absolute Gasteiger partial charge is 0.242 e. The standard InChI is InChI=1S/C22H26N4/c1-11-5-13-17(9-23)21(25-3)15-7-12(2)8-16-20(15)19(13)14(6-11)18(10-24)22(16)26-4/h11-22H,5-8H2,1-2H3. The second-order valence-electron chi connectivity index (χ2n) is 9.51. The predicted molar refractivity (Wildman–Crippen MR) is 96.7 cm³/mol. The second kappa shape index (κ2) is 6.29. The number of hydrogen-bond acceptors (Lipinski definition) is 2. The molecule has 4 saturated carbocycles. The number of rotatable bonds is 0. The van der Waals surface area contributed by atoms with E-state index in [9.17, 15) is 10.5 Å². The normalized spacial score (nSPS) is 54.5. The lowest BCUT2D eigenvalue weighted by Gasteiger charge is -2.60. The zero-order valence-corrected chi connectivity index (χ0v) is 15.5. The van der Waals surface area contributed by atoms with Crippen molar-refractivity contribution < 1.29 is 0 Å². The Morgan fingerprint density at radius 3 is 1.38 bits per heavy atom. The van der Waals surface area contributed by atoms with Crippen molar-refractivity contribution in [3.05, 3.63) is 22.8 Å². The summed E-state index contributed by atoms with van der Waals surface area (Å²) in [5, 5.41) is 19.9. The summed E-state index contributed by atoms with van der Waals surface area (Å²) < 4.78 is 0. The molecule has 0 aromatic carbocycles. The van der Waals surface area contributed by atoms with E-state index in [1.165, 1.54) is 0 Å². The van der Waals surface area contributed by atoms with Crippen LogP contribution in [-0.2, 0) is 0 Å². The lowest BCUT2D eigenvalue weighted by Crippen LogP contribution is -2.63. The van der Waals surface area contributed by atoms with E-state index in [4.69, 9.17) is 13.1 Å². The Bertz CT molecular complexity index is 622. The summed E-state index contributed by atoms with van der Waals surface area (Å²) in [7, 11) is 0. The second-order valence-corrected chi connectivity index (χ2v) is 9.51. The van der Waals surface area contributed by atoms with Gasteiger partial charge in [-0.1, -0.05) is 13.8 Å². The molecule has 4 nitrogen and oxygen atoms in total. The molecular formula is C22H26N4. The Labute approximate surface area is 156 Å². The molecule has 4 fully saturated rings. The van der Waals surface area contributed by atoms with E-state index in [1.54, 1.807) is 0 Å². The maximum Gasteiger partial charge on any atom is 0.242 e. The summed E-state index contributed by atoms with van der Waals surface area (Å²) in [5.41, 5.74) is 0. The van der Waals surface area contributed by atoms with E-state index in [0.29, 0.717) is 23.7 Å². The van der Waals surface area contributed by atoms with Gasteiger partial charge in [0.2, 0.25) is 12.1 Å². The van der Waals surface area contributed by atoms with Crippen molar-refractivity contribution in [1.82, 2.24) is 0 Å². The largest absolute Gasteiger partial charge is 0.312 e. The van der Waals surface area contributed by atoms with Gasteiger partial charge in [-0.25, -0.2) is 13.1 Å². The van der Waals surface area contributed by atoms with E-state index < -0.39 is 0 Å². The minimum atomic E-state index is -0.215. The number of hydrogen-bond donors (Lipinski definition) is 0. The van der Waals surface area contributed by atoms with Crippen LogP contribution in [0.25, 0.3) is 9.69 Å². The Morgan fingerprint density at radius 2 is 1.04 bits per heavy atom. The average molecular weight is 346 g/mol. The van der Waals surface area contributed by atoms with Gasteiger partial charge in [0, 0.05) is 11.8 Å². The molecule has 4 heteroatoms. The van der Waals surface area contributed by atoms with Gasteiger partial charge in [-0.15, -0.1) is 0 Å². The molecular weight excluding hydrogens is 320 g/mol. The van der Waals surface area contributed by atoms with Crippen LogP contribution >= 0.6 is 0 Å². The molecule has 0 radical (unpaired) electrons. The molecule has 0 saturated heterocycles. The zero-order chi connectivity index (χ0) is 18.6. The van der Waals surface area contributed by atoms with Gasteiger partial charge in [-0.05, 0) is 61.2 Å². The van der Waals surface area contributed by atoms with Crippen LogP contribution in [-0.4, -0.2) is 12.1 Å². The molecule has 0 aromatic heterocycles. The minimum Gasteiger partial charge on any atom is -0.312 e. The van der Waals surface area contributed by atoms with E-state index >= 15 is 0 Å².